The molecule has 1 aliphatic rings. The molecule has 1 aliphatic heterocycles. The smallest absolute Gasteiger partial charge is 0.223 e. The van der Waals surface area contributed by atoms with Crippen molar-refractivity contribution in [1.82, 2.24) is 4.90 Å². The first kappa shape index (κ1) is 35.4. The highest BCUT2D eigenvalue weighted by atomic mass is 35.5. The molecular formula is C37H55ClN2O2S. The number of allylic oxidation sites excluding steroid dienone is 1. The van der Waals surface area contributed by atoms with E-state index < -0.39 is 0 Å². The lowest BCUT2D eigenvalue weighted by atomic mass is 10.0. The maximum Gasteiger partial charge on any atom is 0.223 e. The number of ether oxygens (including phenoxy) is 1. The highest BCUT2D eigenvalue weighted by Gasteiger charge is 2.15. The molecule has 0 bridgehead atoms. The Balaban J connectivity index is 1.31. The first-order valence-corrected chi connectivity index (χ1v) is 18.2. The van der Waals surface area contributed by atoms with Crippen molar-refractivity contribution in [3.63, 3.8) is 0 Å². The van der Waals surface area contributed by atoms with Gasteiger partial charge in [-0.2, -0.15) is 0 Å². The molecule has 0 fully saturated rings. The predicted molar refractivity (Wildman–Crippen MR) is 187 cm³/mol. The summed E-state index contributed by atoms with van der Waals surface area (Å²) in [5.41, 5.74) is 3.25. The first-order valence-electron chi connectivity index (χ1n) is 16.8. The van der Waals surface area contributed by atoms with E-state index in [0.29, 0.717) is 18.2 Å². The van der Waals surface area contributed by atoms with E-state index in [2.05, 4.69) is 43.1 Å². The van der Waals surface area contributed by atoms with E-state index in [-0.39, 0.29) is 5.91 Å². The van der Waals surface area contributed by atoms with Gasteiger partial charge >= 0.3 is 0 Å². The minimum Gasteiger partial charge on any atom is -0.492 e. The Labute approximate surface area is 271 Å². The Morgan fingerprint density at radius 2 is 1.53 bits per heavy atom. The van der Waals surface area contributed by atoms with Crippen molar-refractivity contribution in [3.8, 4) is 5.75 Å². The quantitative estimate of drug-likeness (QED) is 0.122. The van der Waals surface area contributed by atoms with E-state index >= 15 is 0 Å². The highest BCUT2D eigenvalue weighted by Crippen LogP contribution is 2.28. The van der Waals surface area contributed by atoms with Crippen LogP contribution in [0.2, 0.25) is 5.02 Å². The maximum absolute atomic E-state index is 12.6. The number of carbonyl (C=O) groups excluding carboxylic acids is 1. The summed E-state index contributed by atoms with van der Waals surface area (Å²) in [5.74, 6) is 1.77. The fraction of sp³-hybridized carbons (Fsp3) is 0.595. The second-order valence-corrected chi connectivity index (χ2v) is 13.7. The molecule has 3 rings (SSSR count). The molecule has 2 aromatic carbocycles. The van der Waals surface area contributed by atoms with E-state index in [0.717, 1.165) is 42.3 Å². The molecule has 4 nitrogen and oxygen atoms in total. The topological polar surface area (TPSA) is 32.8 Å². The summed E-state index contributed by atoms with van der Waals surface area (Å²) in [5, 5.41) is 0.645. The van der Waals surface area contributed by atoms with E-state index in [4.69, 9.17) is 16.3 Å². The molecule has 43 heavy (non-hydrogen) atoms. The summed E-state index contributed by atoms with van der Waals surface area (Å²) in [6.45, 7) is 8.22. The number of nitrogens with zero attached hydrogens (tertiary/aromatic N) is 2. The van der Waals surface area contributed by atoms with Crippen LogP contribution < -0.4 is 9.64 Å². The maximum atomic E-state index is 12.6. The summed E-state index contributed by atoms with van der Waals surface area (Å²) in [6.07, 6.45) is 21.9. The number of hydrogen-bond acceptors (Lipinski definition) is 4. The fourth-order valence-electron chi connectivity index (χ4n) is 5.67. The van der Waals surface area contributed by atoms with Gasteiger partial charge < -0.3 is 14.5 Å². The largest absolute Gasteiger partial charge is 0.492 e. The monoisotopic (exact) mass is 626 g/mol. The summed E-state index contributed by atoms with van der Waals surface area (Å²) in [7, 11) is 0. The minimum absolute atomic E-state index is 0.0452. The van der Waals surface area contributed by atoms with Gasteiger partial charge in [0.15, 0.2) is 0 Å². The Morgan fingerprint density at radius 1 is 0.884 bits per heavy atom. The van der Waals surface area contributed by atoms with E-state index in [1.807, 2.05) is 40.9 Å². The first-order chi connectivity index (χ1) is 21.0. The number of benzene rings is 2. The van der Waals surface area contributed by atoms with Crippen LogP contribution in [0.3, 0.4) is 0 Å². The van der Waals surface area contributed by atoms with Crippen LogP contribution in [0.1, 0.15) is 122 Å². The molecule has 238 valence electrons. The van der Waals surface area contributed by atoms with Crippen molar-refractivity contribution in [1.29, 1.82) is 0 Å². The van der Waals surface area contributed by atoms with Crippen LogP contribution in [-0.2, 0) is 17.8 Å². The highest BCUT2D eigenvalue weighted by molar-refractivity contribution is 8.03. The molecule has 0 saturated heterocycles. The van der Waals surface area contributed by atoms with Crippen LogP contribution in [0.5, 0.6) is 5.75 Å². The molecular weight excluding hydrogens is 572 g/mol. The summed E-state index contributed by atoms with van der Waals surface area (Å²) in [4.78, 5) is 18.1. The zero-order valence-corrected chi connectivity index (χ0v) is 28.6. The second-order valence-electron chi connectivity index (χ2n) is 12.1. The Kier molecular flexibility index (Phi) is 17.1. The summed E-state index contributed by atoms with van der Waals surface area (Å²) >= 11 is 8.45. The summed E-state index contributed by atoms with van der Waals surface area (Å²) in [6, 6.07) is 14.4. The number of halogens is 1. The van der Waals surface area contributed by atoms with E-state index in [1.165, 1.54) is 93.9 Å². The van der Waals surface area contributed by atoms with Gasteiger partial charge in [-0.15, -0.1) is 11.8 Å². The lowest BCUT2D eigenvalue weighted by Crippen LogP contribution is -2.30. The molecule has 0 spiro atoms. The number of unbranched alkanes of at least 4 members (excludes halogenated alkanes) is 13. The molecule has 0 aliphatic carbocycles. The number of carbonyl (C=O) groups is 1. The van der Waals surface area contributed by atoms with Gasteiger partial charge in [0, 0.05) is 31.9 Å². The van der Waals surface area contributed by atoms with Gasteiger partial charge in [-0.3, -0.25) is 4.79 Å². The summed E-state index contributed by atoms with van der Waals surface area (Å²) < 4.78 is 6.00. The lowest BCUT2D eigenvalue weighted by Gasteiger charge is -2.23. The standard InChI is InChI=1S/C37H55ClN2O2S/c1-4-5-6-7-8-9-10-11-12-13-14-15-16-17-25-42-37-22-21-33(27-36(37)38)23-24-40(32(3)41)35-20-18-19-34(26-35)29-39-28-31(2)43-30-39/h18-22,26-28H,4-17,23-25,29-30H2,1-3H3. The van der Waals surface area contributed by atoms with Gasteiger partial charge in [0.05, 0.1) is 17.5 Å². The number of rotatable bonds is 22. The van der Waals surface area contributed by atoms with Gasteiger partial charge in [-0.05, 0) is 60.1 Å². The normalized spacial score (nSPS) is 12.9. The van der Waals surface area contributed by atoms with Gasteiger partial charge in [0.25, 0.3) is 0 Å². The Morgan fingerprint density at radius 3 is 2.12 bits per heavy atom. The van der Waals surface area contributed by atoms with E-state index in [9.17, 15) is 4.79 Å². The van der Waals surface area contributed by atoms with Crippen LogP contribution in [0.4, 0.5) is 5.69 Å². The van der Waals surface area contributed by atoms with Gasteiger partial charge in [-0.25, -0.2) is 0 Å². The average molecular weight is 627 g/mol. The predicted octanol–water partition coefficient (Wildman–Crippen LogP) is 11.2. The molecule has 0 unspecified atom stereocenters. The average Bonchev–Trinajstić information content (AvgIpc) is 3.40. The molecule has 0 radical (unpaired) electrons. The van der Waals surface area contributed by atoms with Crippen molar-refractivity contribution in [2.24, 2.45) is 0 Å². The molecule has 0 saturated carbocycles. The number of thioether (sulfide) groups is 1. The van der Waals surface area contributed by atoms with Gasteiger partial charge in [0.2, 0.25) is 5.91 Å². The van der Waals surface area contributed by atoms with Gasteiger partial charge in [-0.1, -0.05) is 120 Å². The van der Waals surface area contributed by atoms with Crippen LogP contribution in [0.25, 0.3) is 0 Å². The Bertz CT molecular complexity index is 1120. The van der Waals surface area contributed by atoms with Crippen molar-refractivity contribution < 1.29 is 9.53 Å². The molecule has 2 aromatic rings. The number of amides is 1. The number of anilines is 1. The van der Waals surface area contributed by atoms with Crippen molar-refractivity contribution in [2.75, 3.05) is 23.9 Å². The third-order valence-electron chi connectivity index (χ3n) is 8.19. The third-order valence-corrected chi connectivity index (χ3v) is 9.50. The SMILES string of the molecule is CCCCCCCCCCCCCCCCOc1ccc(CCN(C(C)=O)c2cccc(CN3C=C(C)SC3)c2)cc1Cl. The van der Waals surface area contributed by atoms with Crippen LogP contribution in [0, 0.1) is 0 Å². The molecule has 0 N–H and O–H groups in total. The molecule has 6 heteroatoms. The van der Waals surface area contributed by atoms with Crippen molar-refractivity contribution in [2.45, 2.75) is 124 Å². The van der Waals surface area contributed by atoms with Crippen molar-refractivity contribution >= 4 is 35.0 Å². The van der Waals surface area contributed by atoms with Gasteiger partial charge in [0.1, 0.15) is 5.75 Å². The lowest BCUT2D eigenvalue weighted by molar-refractivity contribution is -0.116. The molecule has 1 heterocycles. The van der Waals surface area contributed by atoms with Crippen LogP contribution in [0.15, 0.2) is 53.6 Å². The molecule has 1 amide bonds. The zero-order chi connectivity index (χ0) is 30.7. The third kappa shape index (κ3) is 14.0. The van der Waals surface area contributed by atoms with Crippen LogP contribution in [-0.4, -0.2) is 29.8 Å². The fourth-order valence-corrected chi connectivity index (χ4v) is 6.69. The molecule has 0 aromatic heterocycles. The molecule has 0 atom stereocenters. The minimum atomic E-state index is 0.0452. The number of hydrogen-bond donors (Lipinski definition) is 0. The van der Waals surface area contributed by atoms with E-state index in [1.54, 1.807) is 6.92 Å². The zero-order valence-electron chi connectivity index (χ0n) is 27.1. The van der Waals surface area contributed by atoms with Crippen molar-refractivity contribution in [3.05, 3.63) is 69.7 Å². The van der Waals surface area contributed by atoms with Crippen LogP contribution >= 0.6 is 23.4 Å². The second kappa shape index (κ2) is 20.8. The Hall–Kier alpha value is -2.11.